The van der Waals surface area contributed by atoms with Gasteiger partial charge in [-0.1, -0.05) is 29.3 Å². The zero-order chi connectivity index (χ0) is 11.4. The molecule has 78 valence electrons. The molecule has 1 aromatic heterocycles. The Kier molecular flexibility index (Phi) is 2.84. The van der Waals surface area contributed by atoms with Crippen molar-refractivity contribution in [2.24, 2.45) is 0 Å². The number of Topliss-reactive ketones (excluding diaryl/α,β-unsaturated/α-hetero) is 1. The second-order valence-corrected chi connectivity index (χ2v) is 3.28. The lowest BCUT2D eigenvalue weighted by Gasteiger charge is -1.85. The van der Waals surface area contributed by atoms with Crippen LogP contribution in [-0.2, 0) is 0 Å². The molecule has 0 N–H and O–H groups in total. The average molecular weight is 211 g/mol. The fraction of sp³-hybridized carbons (Fsp3) is 0.0769. The monoisotopic (exact) mass is 211 g/mol. The van der Waals surface area contributed by atoms with Gasteiger partial charge in [-0.15, -0.1) is 0 Å². The molecule has 0 aliphatic carbocycles. The molecular formula is C13H9NO2. The maximum Gasteiger partial charge on any atom is 0.274 e. The van der Waals surface area contributed by atoms with E-state index in [4.69, 9.17) is 4.52 Å². The molecule has 0 unspecified atom stereocenters. The smallest absolute Gasteiger partial charge is 0.274 e. The molecule has 2 aromatic rings. The number of aryl methyl sites for hydroxylation is 1. The lowest BCUT2D eigenvalue weighted by Crippen LogP contribution is -1.91. The van der Waals surface area contributed by atoms with Crippen LogP contribution in [0.2, 0.25) is 0 Å². The van der Waals surface area contributed by atoms with Gasteiger partial charge < -0.3 is 4.52 Å². The quantitative estimate of drug-likeness (QED) is 0.536. The molecule has 0 radical (unpaired) electrons. The minimum atomic E-state index is -0.357. The molecule has 0 saturated heterocycles. The number of carbonyl (C=O) groups excluding carboxylic acids is 1. The Bertz CT molecular complexity index is 558. The highest BCUT2D eigenvalue weighted by molar-refractivity contribution is 6.07. The molecule has 16 heavy (non-hydrogen) atoms. The first-order valence-electron chi connectivity index (χ1n) is 4.80. The molecule has 0 atom stereocenters. The van der Waals surface area contributed by atoms with Gasteiger partial charge in [-0.2, -0.15) is 0 Å². The second kappa shape index (κ2) is 4.45. The highest BCUT2D eigenvalue weighted by Gasteiger charge is 2.07. The number of carbonyl (C=O) groups is 1. The molecule has 0 aliphatic rings. The zero-order valence-corrected chi connectivity index (χ0v) is 8.73. The van der Waals surface area contributed by atoms with Crippen molar-refractivity contribution in [3.63, 3.8) is 0 Å². The summed E-state index contributed by atoms with van der Waals surface area (Å²) in [5.41, 5.74) is 1.47. The first-order valence-corrected chi connectivity index (χ1v) is 4.80. The van der Waals surface area contributed by atoms with Crippen LogP contribution in [0, 0.1) is 18.8 Å². The Morgan fingerprint density at radius 2 is 2.06 bits per heavy atom. The van der Waals surface area contributed by atoms with Gasteiger partial charge in [0.1, 0.15) is 0 Å². The predicted molar refractivity (Wildman–Crippen MR) is 58.9 cm³/mol. The van der Waals surface area contributed by atoms with Gasteiger partial charge in [0, 0.05) is 11.6 Å². The highest BCUT2D eigenvalue weighted by atomic mass is 16.5. The summed E-state index contributed by atoms with van der Waals surface area (Å²) in [4.78, 5) is 11.5. The van der Waals surface area contributed by atoms with Crippen molar-refractivity contribution in [3.05, 3.63) is 53.4 Å². The van der Waals surface area contributed by atoms with Gasteiger partial charge in [-0.05, 0) is 25.0 Å². The molecule has 1 aromatic carbocycles. The Balaban J connectivity index is 2.17. The van der Waals surface area contributed by atoms with Gasteiger partial charge in [-0.3, -0.25) is 4.79 Å². The zero-order valence-electron chi connectivity index (χ0n) is 8.73. The lowest BCUT2D eigenvalue weighted by atomic mass is 10.2. The normalized spacial score (nSPS) is 9.31. The van der Waals surface area contributed by atoms with Crippen molar-refractivity contribution >= 4 is 5.78 Å². The summed E-state index contributed by atoms with van der Waals surface area (Å²) >= 11 is 0. The van der Waals surface area contributed by atoms with Crippen molar-refractivity contribution < 1.29 is 9.32 Å². The van der Waals surface area contributed by atoms with Crippen LogP contribution in [0.1, 0.15) is 21.8 Å². The first-order chi connectivity index (χ1) is 7.75. The van der Waals surface area contributed by atoms with E-state index in [9.17, 15) is 4.79 Å². The summed E-state index contributed by atoms with van der Waals surface area (Å²) in [5, 5.41) is 3.63. The SMILES string of the molecule is Cc1cc(C(=O)C#Cc2ccccc2)on1. The van der Waals surface area contributed by atoms with Crippen LogP contribution >= 0.6 is 0 Å². The van der Waals surface area contributed by atoms with E-state index >= 15 is 0 Å². The van der Waals surface area contributed by atoms with E-state index in [1.807, 2.05) is 30.3 Å². The second-order valence-electron chi connectivity index (χ2n) is 3.28. The van der Waals surface area contributed by atoms with Gasteiger partial charge in [0.05, 0.1) is 5.69 Å². The molecule has 0 fully saturated rings. The van der Waals surface area contributed by atoms with E-state index < -0.39 is 0 Å². The average Bonchev–Trinajstić information content (AvgIpc) is 2.74. The van der Waals surface area contributed by atoms with Gasteiger partial charge in [0.25, 0.3) is 5.78 Å². The van der Waals surface area contributed by atoms with E-state index in [0.717, 1.165) is 5.56 Å². The number of benzene rings is 1. The van der Waals surface area contributed by atoms with Crippen LogP contribution in [0.15, 0.2) is 40.9 Å². The van der Waals surface area contributed by atoms with Crippen molar-refractivity contribution in [2.45, 2.75) is 6.92 Å². The van der Waals surface area contributed by atoms with E-state index in [0.29, 0.717) is 5.69 Å². The first kappa shape index (κ1) is 10.2. The van der Waals surface area contributed by atoms with Crippen molar-refractivity contribution in [3.8, 4) is 11.8 Å². The number of rotatable bonds is 1. The number of hydrogen-bond acceptors (Lipinski definition) is 3. The maximum absolute atomic E-state index is 11.5. The van der Waals surface area contributed by atoms with Crippen LogP contribution in [0.25, 0.3) is 0 Å². The Morgan fingerprint density at radius 1 is 1.31 bits per heavy atom. The summed E-state index contributed by atoms with van der Waals surface area (Å²) in [6.45, 7) is 1.75. The minimum Gasteiger partial charge on any atom is -0.352 e. The topological polar surface area (TPSA) is 43.1 Å². The molecule has 0 amide bonds. The lowest BCUT2D eigenvalue weighted by molar-refractivity contribution is 0.102. The molecule has 3 nitrogen and oxygen atoms in total. The molecule has 0 saturated carbocycles. The largest absolute Gasteiger partial charge is 0.352 e. The third-order valence-corrected chi connectivity index (χ3v) is 1.95. The fourth-order valence-corrected chi connectivity index (χ4v) is 1.18. The van der Waals surface area contributed by atoms with Gasteiger partial charge in [-0.25, -0.2) is 0 Å². The number of aromatic nitrogens is 1. The number of hydrogen-bond donors (Lipinski definition) is 0. The van der Waals surface area contributed by atoms with Crippen molar-refractivity contribution in [1.82, 2.24) is 5.16 Å². The highest BCUT2D eigenvalue weighted by Crippen LogP contribution is 2.02. The van der Waals surface area contributed by atoms with E-state index in [-0.39, 0.29) is 11.5 Å². The Labute approximate surface area is 93.1 Å². The maximum atomic E-state index is 11.5. The fourth-order valence-electron chi connectivity index (χ4n) is 1.18. The molecule has 0 aliphatic heterocycles. The summed E-state index contributed by atoms with van der Waals surface area (Å²) < 4.78 is 4.81. The Hall–Kier alpha value is -2.34. The van der Waals surface area contributed by atoms with Crippen molar-refractivity contribution in [1.29, 1.82) is 0 Å². The molecular weight excluding hydrogens is 202 g/mol. The number of nitrogens with zero attached hydrogens (tertiary/aromatic N) is 1. The van der Waals surface area contributed by atoms with Crippen LogP contribution in [-0.4, -0.2) is 10.9 Å². The Morgan fingerprint density at radius 3 is 2.69 bits per heavy atom. The van der Waals surface area contributed by atoms with Crippen LogP contribution in [0.3, 0.4) is 0 Å². The third kappa shape index (κ3) is 2.37. The van der Waals surface area contributed by atoms with Gasteiger partial charge in [0.2, 0.25) is 5.76 Å². The van der Waals surface area contributed by atoms with E-state index in [1.54, 1.807) is 13.0 Å². The summed E-state index contributed by atoms with van der Waals surface area (Å²) in [6, 6.07) is 10.9. The summed E-state index contributed by atoms with van der Waals surface area (Å²) in [6.07, 6.45) is 0. The molecule has 3 heteroatoms. The molecule has 2 rings (SSSR count). The van der Waals surface area contributed by atoms with Crippen LogP contribution < -0.4 is 0 Å². The third-order valence-electron chi connectivity index (χ3n) is 1.95. The van der Waals surface area contributed by atoms with Gasteiger partial charge in [0.15, 0.2) is 0 Å². The molecule has 0 spiro atoms. The van der Waals surface area contributed by atoms with Gasteiger partial charge >= 0.3 is 0 Å². The predicted octanol–water partition coefficient (Wildman–Crippen LogP) is 2.22. The minimum absolute atomic E-state index is 0.181. The standard InChI is InChI=1S/C13H9NO2/c1-10-9-13(16-14-10)12(15)8-7-11-5-3-2-4-6-11/h2-6,9H,1H3. The molecule has 1 heterocycles. The summed E-state index contributed by atoms with van der Waals surface area (Å²) in [7, 11) is 0. The van der Waals surface area contributed by atoms with Crippen LogP contribution in [0.4, 0.5) is 0 Å². The van der Waals surface area contributed by atoms with E-state index in [2.05, 4.69) is 17.0 Å². The van der Waals surface area contributed by atoms with Crippen LogP contribution in [0.5, 0.6) is 0 Å². The number of ketones is 1. The van der Waals surface area contributed by atoms with Crippen molar-refractivity contribution in [2.75, 3.05) is 0 Å². The summed E-state index contributed by atoms with van der Waals surface area (Å²) in [5.74, 6) is 5.10. The van der Waals surface area contributed by atoms with E-state index in [1.165, 1.54) is 0 Å². The molecule has 0 bridgehead atoms.